The molecule has 146 valence electrons. The highest BCUT2D eigenvalue weighted by Gasteiger charge is 2.33. The number of benzene rings is 2. The highest BCUT2D eigenvalue weighted by molar-refractivity contribution is 6.17. The first kappa shape index (κ1) is 18.7. The Kier molecular flexibility index (Phi) is 4.96. The fourth-order valence-corrected chi connectivity index (χ4v) is 4.00. The third-order valence-electron chi connectivity index (χ3n) is 5.50. The number of carbonyl (C=O) groups is 1. The zero-order valence-corrected chi connectivity index (χ0v) is 15.4. The van der Waals surface area contributed by atoms with Gasteiger partial charge in [-0.2, -0.15) is 18.2 Å². The highest BCUT2D eigenvalue weighted by Crippen LogP contribution is 2.35. The lowest BCUT2D eigenvalue weighted by Crippen LogP contribution is -2.27. The van der Waals surface area contributed by atoms with E-state index in [-0.39, 0.29) is 11.8 Å². The van der Waals surface area contributed by atoms with Crippen LogP contribution in [-0.2, 0) is 17.5 Å². The molecule has 0 spiro atoms. The average Bonchev–Trinajstić information content (AvgIpc) is 3.07. The second kappa shape index (κ2) is 7.41. The van der Waals surface area contributed by atoms with Crippen molar-refractivity contribution >= 4 is 17.4 Å². The lowest BCUT2D eigenvalue weighted by Gasteiger charge is -2.22. The van der Waals surface area contributed by atoms with Gasteiger partial charge in [0, 0.05) is 17.2 Å². The predicted octanol–water partition coefficient (Wildman–Crippen LogP) is 5.58. The van der Waals surface area contributed by atoms with Crippen molar-refractivity contribution in [3.63, 3.8) is 0 Å². The number of carbonyl (C=O) groups excluding carboxylic acids is 1. The molecule has 1 heterocycles. The summed E-state index contributed by atoms with van der Waals surface area (Å²) in [7, 11) is 0. The van der Waals surface area contributed by atoms with E-state index in [0.29, 0.717) is 18.1 Å². The van der Waals surface area contributed by atoms with Gasteiger partial charge >= 0.3 is 6.18 Å². The van der Waals surface area contributed by atoms with E-state index >= 15 is 0 Å². The largest absolute Gasteiger partial charge is 0.416 e. The molecule has 1 aliphatic carbocycles. The molecule has 28 heavy (non-hydrogen) atoms. The Morgan fingerprint density at radius 2 is 1.75 bits per heavy atom. The predicted molar refractivity (Wildman–Crippen MR) is 102 cm³/mol. The van der Waals surface area contributed by atoms with Crippen LogP contribution in [0.1, 0.15) is 48.8 Å². The number of hydrogen-bond donors (Lipinski definition) is 0. The van der Waals surface area contributed by atoms with Gasteiger partial charge in [0.2, 0.25) is 0 Å². The average molecular weight is 386 g/mol. The molecule has 0 saturated heterocycles. The van der Waals surface area contributed by atoms with Gasteiger partial charge in [0.15, 0.2) is 0 Å². The van der Waals surface area contributed by atoms with Gasteiger partial charge < -0.3 is 4.90 Å². The molecule has 3 nitrogen and oxygen atoms in total. The second-order valence-electron chi connectivity index (χ2n) is 7.40. The number of aliphatic imine (C=N–C) groups is 1. The van der Waals surface area contributed by atoms with E-state index < -0.39 is 11.7 Å². The van der Waals surface area contributed by atoms with Crippen LogP contribution in [0.25, 0.3) is 0 Å². The minimum atomic E-state index is -4.42. The third-order valence-corrected chi connectivity index (χ3v) is 5.50. The SMILES string of the molecule is O=C(N=C1c2ccccc2CN1c1cccc(C(F)(F)F)c1)C1CCCCC1. The zero-order valence-electron chi connectivity index (χ0n) is 15.4. The van der Waals surface area contributed by atoms with E-state index in [2.05, 4.69) is 4.99 Å². The summed E-state index contributed by atoms with van der Waals surface area (Å²) in [5.74, 6) is 0.200. The Morgan fingerprint density at radius 3 is 2.50 bits per heavy atom. The molecule has 4 rings (SSSR count). The maximum absolute atomic E-state index is 13.2. The highest BCUT2D eigenvalue weighted by atomic mass is 19.4. The van der Waals surface area contributed by atoms with Crippen molar-refractivity contribution in [3.8, 4) is 0 Å². The molecule has 1 saturated carbocycles. The lowest BCUT2D eigenvalue weighted by molar-refractivity contribution is -0.137. The van der Waals surface area contributed by atoms with Crippen molar-refractivity contribution in [2.45, 2.75) is 44.8 Å². The van der Waals surface area contributed by atoms with E-state index in [4.69, 9.17) is 0 Å². The van der Waals surface area contributed by atoms with Crippen molar-refractivity contribution < 1.29 is 18.0 Å². The Morgan fingerprint density at radius 1 is 1.00 bits per heavy atom. The molecule has 6 heteroatoms. The standard InChI is InChI=1S/C22H21F3N2O/c23-22(24,25)17-10-6-11-18(13-17)27-14-16-9-4-5-12-19(16)20(27)26-21(28)15-7-2-1-3-8-15/h4-6,9-13,15H,1-3,7-8,14H2. The lowest BCUT2D eigenvalue weighted by atomic mass is 9.89. The summed E-state index contributed by atoms with van der Waals surface area (Å²) in [5, 5.41) is 0. The number of anilines is 1. The summed E-state index contributed by atoms with van der Waals surface area (Å²) in [6, 6.07) is 12.7. The van der Waals surface area contributed by atoms with E-state index in [1.807, 2.05) is 24.3 Å². The number of alkyl halides is 3. The molecule has 2 aromatic carbocycles. The number of hydrogen-bond acceptors (Lipinski definition) is 1. The van der Waals surface area contributed by atoms with Crippen LogP contribution < -0.4 is 4.90 Å². The fourth-order valence-electron chi connectivity index (χ4n) is 4.00. The van der Waals surface area contributed by atoms with Crippen LogP contribution in [-0.4, -0.2) is 11.7 Å². The zero-order chi connectivity index (χ0) is 19.7. The Bertz CT molecular complexity index is 914. The molecule has 2 aliphatic rings. The van der Waals surface area contributed by atoms with Crippen molar-refractivity contribution in [2.75, 3.05) is 4.90 Å². The van der Waals surface area contributed by atoms with Gasteiger partial charge in [-0.15, -0.1) is 0 Å². The number of amidine groups is 1. The van der Waals surface area contributed by atoms with Crippen LogP contribution in [0.4, 0.5) is 18.9 Å². The third kappa shape index (κ3) is 3.68. The summed E-state index contributed by atoms with van der Waals surface area (Å²) in [4.78, 5) is 18.9. The Balaban J connectivity index is 1.72. The van der Waals surface area contributed by atoms with Crippen molar-refractivity contribution in [1.29, 1.82) is 0 Å². The van der Waals surface area contributed by atoms with E-state index in [1.165, 1.54) is 6.07 Å². The van der Waals surface area contributed by atoms with E-state index in [0.717, 1.165) is 55.4 Å². The first-order valence-corrected chi connectivity index (χ1v) is 9.59. The molecular weight excluding hydrogens is 365 g/mol. The molecular formula is C22H21F3N2O. The van der Waals surface area contributed by atoms with Gasteiger partial charge in [-0.1, -0.05) is 49.6 Å². The maximum Gasteiger partial charge on any atom is 0.416 e. The molecule has 0 N–H and O–H groups in total. The van der Waals surface area contributed by atoms with Gasteiger partial charge in [-0.3, -0.25) is 4.79 Å². The van der Waals surface area contributed by atoms with Gasteiger partial charge in [0.05, 0.1) is 12.1 Å². The molecule has 0 aromatic heterocycles. The van der Waals surface area contributed by atoms with E-state index in [9.17, 15) is 18.0 Å². The summed E-state index contributed by atoms with van der Waals surface area (Å²) in [6.07, 6.45) is 0.434. The van der Waals surface area contributed by atoms with Gasteiger partial charge in [0.25, 0.3) is 5.91 Å². The quantitative estimate of drug-likeness (QED) is 0.675. The number of nitrogens with zero attached hydrogens (tertiary/aromatic N) is 2. The monoisotopic (exact) mass is 386 g/mol. The molecule has 0 radical (unpaired) electrons. The van der Waals surface area contributed by atoms with E-state index in [1.54, 1.807) is 11.0 Å². The topological polar surface area (TPSA) is 32.7 Å². The van der Waals surface area contributed by atoms with Crippen LogP contribution in [0.2, 0.25) is 0 Å². The van der Waals surface area contributed by atoms with Gasteiger partial charge in [-0.25, -0.2) is 0 Å². The molecule has 2 aromatic rings. The summed E-state index contributed by atoms with van der Waals surface area (Å²) in [6.45, 7) is 0.397. The summed E-state index contributed by atoms with van der Waals surface area (Å²) < 4.78 is 39.5. The number of rotatable bonds is 2. The number of amides is 1. The minimum Gasteiger partial charge on any atom is -0.321 e. The van der Waals surface area contributed by atoms with Crippen LogP contribution >= 0.6 is 0 Å². The van der Waals surface area contributed by atoms with Crippen LogP contribution in [0.15, 0.2) is 53.5 Å². The fraction of sp³-hybridized carbons (Fsp3) is 0.364. The summed E-state index contributed by atoms with van der Waals surface area (Å²) >= 11 is 0. The molecule has 0 unspecified atom stereocenters. The molecule has 1 amide bonds. The van der Waals surface area contributed by atoms with Crippen molar-refractivity contribution in [1.82, 2.24) is 0 Å². The minimum absolute atomic E-state index is 0.0858. The first-order valence-electron chi connectivity index (χ1n) is 9.59. The van der Waals surface area contributed by atoms with Crippen LogP contribution in [0, 0.1) is 5.92 Å². The molecule has 0 bridgehead atoms. The second-order valence-corrected chi connectivity index (χ2v) is 7.40. The normalized spacial score (nSPS) is 19.1. The molecule has 0 atom stereocenters. The number of halogens is 3. The van der Waals surface area contributed by atoms with Gasteiger partial charge in [0.1, 0.15) is 5.84 Å². The molecule has 1 aliphatic heterocycles. The number of fused-ring (bicyclic) bond motifs is 1. The first-order chi connectivity index (χ1) is 13.4. The van der Waals surface area contributed by atoms with Gasteiger partial charge in [-0.05, 0) is 36.6 Å². The summed E-state index contributed by atoms with van der Waals surface area (Å²) in [5.41, 5.74) is 1.44. The van der Waals surface area contributed by atoms with Crippen LogP contribution in [0.5, 0.6) is 0 Å². The Labute approximate surface area is 161 Å². The Hall–Kier alpha value is -2.63. The smallest absolute Gasteiger partial charge is 0.321 e. The maximum atomic E-state index is 13.2. The van der Waals surface area contributed by atoms with Crippen molar-refractivity contribution in [3.05, 3.63) is 65.2 Å². The van der Waals surface area contributed by atoms with Crippen LogP contribution in [0.3, 0.4) is 0 Å². The van der Waals surface area contributed by atoms with Crippen molar-refractivity contribution in [2.24, 2.45) is 10.9 Å². The molecule has 1 fully saturated rings.